The molecule has 0 aliphatic carbocycles. The molecule has 0 spiro atoms. The van der Waals surface area contributed by atoms with Crippen molar-refractivity contribution in [2.45, 2.75) is 26.5 Å². The fourth-order valence-electron chi connectivity index (χ4n) is 2.51. The van der Waals surface area contributed by atoms with E-state index < -0.39 is 12.0 Å². The number of nitrogens with two attached hydrogens (primary N) is 1. The first kappa shape index (κ1) is 18.5. The molecule has 3 aromatic rings. The lowest BCUT2D eigenvalue weighted by Crippen LogP contribution is -2.25. The van der Waals surface area contributed by atoms with E-state index >= 15 is 0 Å². The number of aliphatic hydroxyl groups is 1. The summed E-state index contributed by atoms with van der Waals surface area (Å²) >= 11 is 0. The van der Waals surface area contributed by atoms with Crippen LogP contribution in [0.2, 0.25) is 0 Å². The molecule has 1 aromatic heterocycles. The molecule has 1 atom stereocenters. The Bertz CT molecular complexity index is 937. The lowest BCUT2D eigenvalue weighted by atomic mass is 10.1. The van der Waals surface area contributed by atoms with Crippen LogP contribution in [0.4, 0.5) is 0 Å². The third-order valence-corrected chi connectivity index (χ3v) is 4.03. The van der Waals surface area contributed by atoms with Crippen LogP contribution in [-0.4, -0.2) is 43.9 Å². The first-order chi connectivity index (χ1) is 12.9. The largest absolute Gasteiger partial charge is 0.491 e. The van der Waals surface area contributed by atoms with Gasteiger partial charge in [0, 0.05) is 11.1 Å². The number of carbonyl (C=O) groups excluding carboxylic acids is 1. The molecule has 1 amide bonds. The molecule has 3 rings (SSSR count). The van der Waals surface area contributed by atoms with E-state index in [9.17, 15) is 9.90 Å². The van der Waals surface area contributed by atoms with Gasteiger partial charge in [-0.1, -0.05) is 24.3 Å². The lowest BCUT2D eigenvalue weighted by molar-refractivity contribution is 0.0846. The van der Waals surface area contributed by atoms with E-state index in [4.69, 9.17) is 10.5 Å². The summed E-state index contributed by atoms with van der Waals surface area (Å²) in [6.07, 6.45) is -0.788. The van der Waals surface area contributed by atoms with Gasteiger partial charge in [0.2, 0.25) is 11.7 Å². The van der Waals surface area contributed by atoms with Gasteiger partial charge >= 0.3 is 0 Å². The second-order valence-electron chi connectivity index (χ2n) is 6.34. The molecule has 0 fully saturated rings. The van der Waals surface area contributed by atoms with Crippen molar-refractivity contribution in [1.82, 2.24) is 20.2 Å². The van der Waals surface area contributed by atoms with Crippen LogP contribution in [0.25, 0.3) is 11.4 Å². The molecule has 0 saturated heterocycles. The zero-order chi connectivity index (χ0) is 19.4. The summed E-state index contributed by atoms with van der Waals surface area (Å²) < 4.78 is 5.70. The highest BCUT2D eigenvalue weighted by Gasteiger charge is 2.12. The molecular formula is C19H21N5O3. The summed E-state index contributed by atoms with van der Waals surface area (Å²) in [7, 11) is 0. The zero-order valence-electron chi connectivity index (χ0n) is 15.2. The number of amides is 1. The van der Waals surface area contributed by atoms with E-state index in [2.05, 4.69) is 15.4 Å². The highest BCUT2D eigenvalue weighted by Crippen LogP contribution is 2.19. The lowest BCUT2D eigenvalue weighted by Gasteiger charge is -2.13. The zero-order valence-corrected chi connectivity index (χ0v) is 15.2. The molecule has 0 radical (unpaired) electrons. The van der Waals surface area contributed by atoms with Gasteiger partial charge in [-0.3, -0.25) is 4.79 Å². The molecule has 8 heteroatoms. The summed E-state index contributed by atoms with van der Waals surface area (Å²) in [6.45, 7) is 4.21. The number of carbonyl (C=O) groups is 1. The number of aryl methyl sites for hydroxylation is 2. The Balaban J connectivity index is 1.59. The van der Waals surface area contributed by atoms with E-state index in [-0.39, 0.29) is 13.2 Å². The SMILES string of the molecule is Cc1ccc(C)c(OC[C@H](O)Cn2nnc(-c3ccc(C(N)=O)cc3)n2)c1. The van der Waals surface area contributed by atoms with Crippen molar-refractivity contribution in [2.24, 2.45) is 5.73 Å². The van der Waals surface area contributed by atoms with Crippen LogP contribution in [0, 0.1) is 13.8 Å². The van der Waals surface area contributed by atoms with Crippen molar-refractivity contribution < 1.29 is 14.6 Å². The van der Waals surface area contributed by atoms with Gasteiger partial charge in [-0.2, -0.15) is 4.80 Å². The number of hydrogen-bond acceptors (Lipinski definition) is 6. The molecule has 2 aromatic carbocycles. The Hall–Kier alpha value is -3.26. The molecule has 8 nitrogen and oxygen atoms in total. The van der Waals surface area contributed by atoms with E-state index in [1.165, 1.54) is 4.80 Å². The molecule has 140 valence electrons. The van der Waals surface area contributed by atoms with E-state index in [1.807, 2.05) is 32.0 Å². The molecule has 0 unspecified atom stereocenters. The molecule has 0 aliphatic heterocycles. The van der Waals surface area contributed by atoms with E-state index in [0.29, 0.717) is 17.0 Å². The van der Waals surface area contributed by atoms with Crippen LogP contribution in [0.3, 0.4) is 0 Å². The van der Waals surface area contributed by atoms with Gasteiger partial charge in [0.25, 0.3) is 0 Å². The van der Waals surface area contributed by atoms with Crippen LogP contribution in [0.1, 0.15) is 21.5 Å². The number of hydrogen-bond donors (Lipinski definition) is 2. The minimum Gasteiger partial charge on any atom is -0.491 e. The quantitative estimate of drug-likeness (QED) is 0.654. The van der Waals surface area contributed by atoms with Crippen molar-refractivity contribution in [3.63, 3.8) is 0 Å². The number of nitrogens with zero attached hydrogens (tertiary/aromatic N) is 4. The molecule has 0 bridgehead atoms. The average Bonchev–Trinajstić information content (AvgIpc) is 3.11. The standard InChI is InChI=1S/C19H21N5O3/c1-12-3-4-13(2)17(9-12)27-11-16(25)10-24-22-19(21-23-24)15-7-5-14(6-8-15)18(20)26/h3-9,16,25H,10-11H2,1-2H3,(H2,20,26)/t16-/m1/s1. The Kier molecular flexibility index (Phi) is 5.46. The van der Waals surface area contributed by atoms with Gasteiger partial charge in [0.1, 0.15) is 18.5 Å². The number of primary amides is 1. The van der Waals surface area contributed by atoms with Crippen molar-refractivity contribution >= 4 is 5.91 Å². The third-order valence-electron chi connectivity index (χ3n) is 4.03. The number of tetrazole rings is 1. The highest BCUT2D eigenvalue weighted by atomic mass is 16.5. The van der Waals surface area contributed by atoms with Crippen LogP contribution in [-0.2, 0) is 6.54 Å². The van der Waals surface area contributed by atoms with Crippen LogP contribution in [0.15, 0.2) is 42.5 Å². The van der Waals surface area contributed by atoms with Crippen molar-refractivity contribution in [3.8, 4) is 17.1 Å². The summed E-state index contributed by atoms with van der Waals surface area (Å²) in [6, 6.07) is 12.5. The Morgan fingerprint density at radius 1 is 1.22 bits per heavy atom. The first-order valence-corrected chi connectivity index (χ1v) is 8.48. The number of ether oxygens (including phenoxy) is 1. The maximum atomic E-state index is 11.1. The number of aromatic nitrogens is 4. The second kappa shape index (κ2) is 7.96. The summed E-state index contributed by atoms with van der Waals surface area (Å²) in [5.41, 5.74) is 8.43. The van der Waals surface area contributed by atoms with Crippen molar-refractivity contribution in [2.75, 3.05) is 6.61 Å². The molecule has 0 aliphatic rings. The van der Waals surface area contributed by atoms with Gasteiger partial charge in [-0.15, -0.1) is 10.2 Å². The van der Waals surface area contributed by atoms with Gasteiger partial charge in [0.05, 0.1) is 6.54 Å². The minimum atomic E-state index is -0.788. The second-order valence-corrected chi connectivity index (χ2v) is 6.34. The fraction of sp³-hybridized carbons (Fsp3) is 0.263. The molecule has 0 saturated carbocycles. The number of aliphatic hydroxyl groups excluding tert-OH is 1. The highest BCUT2D eigenvalue weighted by molar-refractivity contribution is 5.93. The maximum Gasteiger partial charge on any atom is 0.248 e. The Morgan fingerprint density at radius 3 is 2.67 bits per heavy atom. The van der Waals surface area contributed by atoms with E-state index in [1.54, 1.807) is 24.3 Å². The Labute approximate surface area is 156 Å². The van der Waals surface area contributed by atoms with Crippen molar-refractivity contribution in [1.29, 1.82) is 0 Å². The molecule has 27 heavy (non-hydrogen) atoms. The fourth-order valence-corrected chi connectivity index (χ4v) is 2.51. The average molecular weight is 367 g/mol. The third kappa shape index (κ3) is 4.68. The normalized spacial score (nSPS) is 12.0. The summed E-state index contributed by atoms with van der Waals surface area (Å²) in [5.74, 6) is 0.648. The molecular weight excluding hydrogens is 346 g/mol. The predicted molar refractivity (Wildman–Crippen MR) is 99.2 cm³/mol. The van der Waals surface area contributed by atoms with Gasteiger partial charge in [-0.05, 0) is 48.4 Å². The van der Waals surface area contributed by atoms with Crippen LogP contribution < -0.4 is 10.5 Å². The van der Waals surface area contributed by atoms with Crippen molar-refractivity contribution in [3.05, 3.63) is 59.2 Å². The van der Waals surface area contributed by atoms with E-state index in [0.717, 1.165) is 16.9 Å². The van der Waals surface area contributed by atoms with Crippen LogP contribution >= 0.6 is 0 Å². The smallest absolute Gasteiger partial charge is 0.248 e. The van der Waals surface area contributed by atoms with Crippen LogP contribution in [0.5, 0.6) is 5.75 Å². The molecule has 1 heterocycles. The van der Waals surface area contributed by atoms with Gasteiger partial charge in [-0.25, -0.2) is 0 Å². The number of benzene rings is 2. The predicted octanol–water partition coefficient (Wildman–Crippen LogP) is 1.50. The monoisotopic (exact) mass is 367 g/mol. The minimum absolute atomic E-state index is 0.120. The summed E-state index contributed by atoms with van der Waals surface area (Å²) in [4.78, 5) is 12.4. The van der Waals surface area contributed by atoms with Gasteiger partial charge < -0.3 is 15.6 Å². The maximum absolute atomic E-state index is 11.1. The first-order valence-electron chi connectivity index (χ1n) is 8.48. The molecule has 3 N–H and O–H groups in total. The topological polar surface area (TPSA) is 116 Å². The number of rotatable bonds is 7. The van der Waals surface area contributed by atoms with Gasteiger partial charge in [0.15, 0.2) is 0 Å². The summed E-state index contributed by atoms with van der Waals surface area (Å²) in [5, 5.41) is 22.4. The Morgan fingerprint density at radius 2 is 1.96 bits per heavy atom.